The van der Waals surface area contributed by atoms with Gasteiger partial charge >= 0.3 is 0 Å². The summed E-state index contributed by atoms with van der Waals surface area (Å²) in [5.41, 5.74) is 1.42. The number of hydrogen-bond acceptors (Lipinski definition) is 4. The lowest BCUT2D eigenvalue weighted by Gasteiger charge is -2.14. The van der Waals surface area contributed by atoms with E-state index in [0.29, 0.717) is 11.7 Å². The molecule has 0 radical (unpaired) electrons. The fourth-order valence-corrected chi connectivity index (χ4v) is 1.82. The highest BCUT2D eigenvalue weighted by molar-refractivity contribution is 7.98. The molecule has 0 amide bonds. The van der Waals surface area contributed by atoms with Crippen molar-refractivity contribution in [2.75, 3.05) is 17.3 Å². The fraction of sp³-hybridized carbons (Fsp3) is 0.455. The van der Waals surface area contributed by atoms with Crippen LogP contribution in [-0.4, -0.2) is 23.0 Å². The summed E-state index contributed by atoms with van der Waals surface area (Å²) >= 11 is 1.84. The minimum absolute atomic E-state index is 0.423. The predicted molar refractivity (Wildman–Crippen MR) is 65.0 cm³/mol. The molecule has 1 N–H and O–H groups in total. The van der Waals surface area contributed by atoms with Gasteiger partial charge in [0.2, 0.25) is 0 Å². The molecule has 0 bridgehead atoms. The molecule has 1 rings (SSSR count). The lowest BCUT2D eigenvalue weighted by Crippen LogP contribution is -2.15. The summed E-state index contributed by atoms with van der Waals surface area (Å²) in [7, 11) is 0. The van der Waals surface area contributed by atoms with E-state index < -0.39 is 0 Å². The number of rotatable bonds is 5. The van der Waals surface area contributed by atoms with Crippen molar-refractivity contribution in [1.82, 2.24) is 4.98 Å². The van der Waals surface area contributed by atoms with Gasteiger partial charge in [0.15, 0.2) is 0 Å². The van der Waals surface area contributed by atoms with Gasteiger partial charge in [-0.25, -0.2) is 4.98 Å². The van der Waals surface area contributed by atoms with Gasteiger partial charge in [-0.2, -0.15) is 17.0 Å². The number of nitrogens with zero attached hydrogens (tertiary/aromatic N) is 2. The van der Waals surface area contributed by atoms with E-state index in [0.717, 1.165) is 17.9 Å². The molecule has 1 atom stereocenters. The van der Waals surface area contributed by atoms with Crippen LogP contribution in [0.3, 0.4) is 0 Å². The molecule has 4 heteroatoms. The van der Waals surface area contributed by atoms with Gasteiger partial charge in [-0.15, -0.1) is 0 Å². The maximum atomic E-state index is 8.69. The summed E-state index contributed by atoms with van der Waals surface area (Å²) in [6.07, 6.45) is 4.88. The number of nitriles is 1. The third kappa shape index (κ3) is 4.22. The molecule has 0 fully saturated rings. The van der Waals surface area contributed by atoms with Crippen molar-refractivity contribution in [3.05, 3.63) is 24.0 Å². The molecule has 15 heavy (non-hydrogen) atoms. The Morgan fingerprint density at radius 2 is 2.47 bits per heavy atom. The lowest BCUT2D eigenvalue weighted by atomic mass is 10.2. The largest absolute Gasteiger partial charge is 0.382 e. The van der Waals surface area contributed by atoms with Crippen LogP contribution < -0.4 is 5.32 Å². The molecule has 3 nitrogen and oxygen atoms in total. The lowest BCUT2D eigenvalue weighted by molar-refractivity contribution is 0.772. The minimum Gasteiger partial charge on any atom is -0.382 e. The maximum absolute atomic E-state index is 8.69. The average molecular weight is 221 g/mol. The molecule has 0 saturated carbocycles. The van der Waals surface area contributed by atoms with Gasteiger partial charge in [0.05, 0.1) is 0 Å². The zero-order chi connectivity index (χ0) is 11.1. The third-order valence-electron chi connectivity index (χ3n) is 2.04. The van der Waals surface area contributed by atoms with Crippen LogP contribution in [0.25, 0.3) is 0 Å². The Labute approximate surface area is 94.9 Å². The van der Waals surface area contributed by atoms with Gasteiger partial charge in [0.25, 0.3) is 0 Å². The van der Waals surface area contributed by atoms with Crippen molar-refractivity contribution in [3.8, 4) is 6.07 Å². The summed E-state index contributed by atoms with van der Waals surface area (Å²) in [6, 6.07) is 6.11. The van der Waals surface area contributed by atoms with Crippen LogP contribution in [0.15, 0.2) is 18.3 Å². The maximum Gasteiger partial charge on any atom is 0.142 e. The second-order valence-electron chi connectivity index (χ2n) is 3.37. The van der Waals surface area contributed by atoms with Gasteiger partial charge in [-0.05, 0) is 37.5 Å². The SMILES string of the molecule is CSCCC(C)Nc1ccnc(C#N)c1. The van der Waals surface area contributed by atoms with Gasteiger partial charge in [-0.1, -0.05) is 0 Å². The Hall–Kier alpha value is -1.21. The summed E-state index contributed by atoms with van der Waals surface area (Å²) in [6.45, 7) is 2.14. The Morgan fingerprint density at radius 1 is 1.67 bits per heavy atom. The number of thioether (sulfide) groups is 1. The molecule has 1 unspecified atom stereocenters. The first-order valence-electron chi connectivity index (χ1n) is 4.88. The van der Waals surface area contributed by atoms with E-state index in [1.165, 1.54) is 0 Å². The van der Waals surface area contributed by atoms with E-state index in [4.69, 9.17) is 5.26 Å². The zero-order valence-corrected chi connectivity index (χ0v) is 9.84. The molecule has 1 heterocycles. The van der Waals surface area contributed by atoms with Crippen molar-refractivity contribution in [1.29, 1.82) is 5.26 Å². The highest BCUT2D eigenvalue weighted by Crippen LogP contribution is 2.11. The second kappa shape index (κ2) is 6.31. The highest BCUT2D eigenvalue weighted by atomic mass is 32.2. The molecule has 0 aliphatic heterocycles. The Kier molecular flexibility index (Phi) is 4.99. The smallest absolute Gasteiger partial charge is 0.142 e. The van der Waals surface area contributed by atoms with Crippen LogP contribution in [0, 0.1) is 11.3 Å². The second-order valence-corrected chi connectivity index (χ2v) is 4.35. The monoisotopic (exact) mass is 221 g/mol. The molecule has 1 aromatic rings. The molecule has 1 aromatic heterocycles. The van der Waals surface area contributed by atoms with E-state index in [-0.39, 0.29) is 0 Å². The van der Waals surface area contributed by atoms with E-state index in [1.807, 2.05) is 23.9 Å². The molecular formula is C11H15N3S. The van der Waals surface area contributed by atoms with Crippen molar-refractivity contribution >= 4 is 17.4 Å². The molecule has 0 saturated heterocycles. The van der Waals surface area contributed by atoms with Crippen LogP contribution in [0.1, 0.15) is 19.0 Å². The topological polar surface area (TPSA) is 48.7 Å². The quantitative estimate of drug-likeness (QED) is 0.830. The number of anilines is 1. The van der Waals surface area contributed by atoms with Crippen LogP contribution >= 0.6 is 11.8 Å². The Balaban J connectivity index is 2.53. The summed E-state index contributed by atoms with van der Waals surface area (Å²) in [5.74, 6) is 1.14. The van der Waals surface area contributed by atoms with Crippen LogP contribution in [-0.2, 0) is 0 Å². The first-order valence-corrected chi connectivity index (χ1v) is 6.27. The normalized spacial score (nSPS) is 11.8. The first kappa shape index (κ1) is 11.9. The number of aromatic nitrogens is 1. The molecule has 0 aliphatic rings. The van der Waals surface area contributed by atoms with E-state index >= 15 is 0 Å². The number of nitrogens with one attached hydrogen (secondary N) is 1. The molecular weight excluding hydrogens is 206 g/mol. The summed E-state index contributed by atoms with van der Waals surface area (Å²) in [4.78, 5) is 3.92. The van der Waals surface area contributed by atoms with Crippen LogP contribution in [0.2, 0.25) is 0 Å². The van der Waals surface area contributed by atoms with E-state index in [2.05, 4.69) is 23.5 Å². The van der Waals surface area contributed by atoms with Crippen molar-refractivity contribution in [2.24, 2.45) is 0 Å². The van der Waals surface area contributed by atoms with Gasteiger partial charge in [-0.3, -0.25) is 0 Å². The van der Waals surface area contributed by atoms with Gasteiger partial charge in [0.1, 0.15) is 11.8 Å². The van der Waals surface area contributed by atoms with Gasteiger partial charge < -0.3 is 5.32 Å². The Morgan fingerprint density at radius 3 is 3.13 bits per heavy atom. The standard InChI is InChI=1S/C11H15N3S/c1-9(4-6-15-2)14-10-3-5-13-11(7-10)8-12/h3,5,7,9H,4,6H2,1-2H3,(H,13,14). The van der Waals surface area contributed by atoms with E-state index in [1.54, 1.807) is 12.3 Å². The molecule has 0 aliphatic carbocycles. The minimum atomic E-state index is 0.423. The average Bonchev–Trinajstić information content (AvgIpc) is 2.26. The number of pyridine rings is 1. The van der Waals surface area contributed by atoms with Crippen LogP contribution in [0.5, 0.6) is 0 Å². The Bertz CT molecular complexity index is 346. The zero-order valence-electron chi connectivity index (χ0n) is 9.03. The molecule has 0 spiro atoms. The summed E-state index contributed by atoms with van der Waals surface area (Å²) < 4.78 is 0. The summed E-state index contributed by atoms with van der Waals surface area (Å²) in [5, 5.41) is 12.0. The van der Waals surface area contributed by atoms with Crippen LogP contribution in [0.4, 0.5) is 5.69 Å². The van der Waals surface area contributed by atoms with Crippen molar-refractivity contribution in [2.45, 2.75) is 19.4 Å². The van der Waals surface area contributed by atoms with Crippen molar-refractivity contribution < 1.29 is 0 Å². The number of hydrogen-bond donors (Lipinski definition) is 1. The fourth-order valence-electron chi connectivity index (χ4n) is 1.23. The third-order valence-corrected chi connectivity index (χ3v) is 2.69. The van der Waals surface area contributed by atoms with Crippen molar-refractivity contribution in [3.63, 3.8) is 0 Å². The van der Waals surface area contributed by atoms with E-state index in [9.17, 15) is 0 Å². The molecule has 80 valence electrons. The molecule has 0 aromatic carbocycles. The highest BCUT2D eigenvalue weighted by Gasteiger charge is 2.02. The predicted octanol–water partition coefficient (Wildman–Crippen LogP) is 2.51. The first-order chi connectivity index (χ1) is 7.26. The van der Waals surface area contributed by atoms with Gasteiger partial charge in [0, 0.05) is 17.9 Å².